The number of hydrogen-bond acceptors (Lipinski definition) is 3. The molecule has 0 atom stereocenters. The fourth-order valence-corrected chi connectivity index (χ4v) is 6.16. The summed E-state index contributed by atoms with van der Waals surface area (Å²) in [6.45, 7) is 6.16. The highest BCUT2D eigenvalue weighted by Gasteiger charge is 2.04. The minimum Gasteiger partial charge on any atom is -0.326 e. The molecule has 0 aliphatic rings. The highest BCUT2D eigenvalue weighted by molar-refractivity contribution is 8.41. The summed E-state index contributed by atoms with van der Waals surface area (Å²) in [5, 5.41) is 0. The molecule has 40 heavy (non-hydrogen) atoms. The van der Waals surface area contributed by atoms with Crippen molar-refractivity contribution < 1.29 is 9.05 Å². The van der Waals surface area contributed by atoms with Crippen molar-refractivity contribution in [3.05, 3.63) is 24.3 Å². The maximum absolute atomic E-state index is 5.78. The lowest BCUT2D eigenvalue weighted by molar-refractivity contribution is 0.252. The molecule has 4 heteroatoms. The van der Waals surface area contributed by atoms with E-state index in [0.717, 1.165) is 26.1 Å². The normalized spacial score (nSPS) is 12.8. The van der Waals surface area contributed by atoms with Gasteiger partial charge in [-0.25, -0.2) is 0 Å². The van der Waals surface area contributed by atoms with Crippen molar-refractivity contribution in [3.63, 3.8) is 0 Å². The first-order valence-corrected chi connectivity index (χ1v) is 20.2. The summed E-state index contributed by atoms with van der Waals surface area (Å²) >= 11 is 4.50. The minimum atomic E-state index is -0.989. The zero-order valence-electron chi connectivity index (χ0n) is 27.2. The van der Waals surface area contributed by atoms with Crippen molar-refractivity contribution in [2.24, 2.45) is 0 Å². The standard InChI is InChI=1S/C36H71O2PS/c1-3-5-7-9-11-13-15-17-19-21-23-25-27-29-31-33-35-37-39(40)38-36-34-32-30-28-26-24-22-20-18-16-14-12-10-8-6-4-2/h17-20,40H,3-16,21-36H2,1-2H3. The molecule has 0 saturated heterocycles. The maximum Gasteiger partial charge on any atom is 0.234 e. The summed E-state index contributed by atoms with van der Waals surface area (Å²) < 4.78 is 11.6. The highest BCUT2D eigenvalue weighted by atomic mass is 32.7. The van der Waals surface area contributed by atoms with E-state index in [1.807, 2.05) is 0 Å². The zero-order chi connectivity index (χ0) is 29.0. The van der Waals surface area contributed by atoms with E-state index >= 15 is 0 Å². The van der Waals surface area contributed by atoms with Crippen LogP contribution in [0.1, 0.15) is 194 Å². The highest BCUT2D eigenvalue weighted by Crippen LogP contribution is 2.43. The van der Waals surface area contributed by atoms with Gasteiger partial charge in [0.15, 0.2) is 0 Å². The predicted octanol–water partition coefficient (Wildman–Crippen LogP) is 14.3. The fraction of sp³-hybridized carbons (Fsp3) is 0.889. The van der Waals surface area contributed by atoms with Crippen LogP contribution in [0.15, 0.2) is 24.3 Å². The minimum absolute atomic E-state index is 0.795. The van der Waals surface area contributed by atoms with Crippen LogP contribution in [0.2, 0.25) is 0 Å². The van der Waals surface area contributed by atoms with Gasteiger partial charge in [0.05, 0.1) is 13.2 Å². The molecule has 0 N–H and O–H groups in total. The SMILES string of the molecule is CCCCCCCCC=CCCCCCCCCOP(S)OCCCCCCCCC=CCCCCCCCC. The Kier molecular flexibility index (Phi) is 37.4. The van der Waals surface area contributed by atoms with E-state index in [2.05, 4.69) is 50.4 Å². The molecule has 0 fully saturated rings. The molecule has 0 radical (unpaired) electrons. The van der Waals surface area contributed by atoms with Gasteiger partial charge in [0.1, 0.15) is 0 Å². The molecule has 0 aliphatic heterocycles. The molecule has 0 aromatic rings. The molecule has 0 bridgehead atoms. The van der Waals surface area contributed by atoms with Gasteiger partial charge in [-0.3, -0.25) is 0 Å². The third kappa shape index (κ3) is 36.2. The Labute approximate surface area is 259 Å². The lowest BCUT2D eigenvalue weighted by Gasteiger charge is -2.11. The van der Waals surface area contributed by atoms with Crippen molar-refractivity contribution in [1.29, 1.82) is 0 Å². The Morgan fingerprint density at radius 2 is 0.625 bits per heavy atom. The molecule has 0 aliphatic carbocycles. The van der Waals surface area contributed by atoms with Gasteiger partial charge in [-0.1, -0.05) is 166 Å². The summed E-state index contributed by atoms with van der Waals surface area (Å²) in [5.41, 5.74) is 0. The fourth-order valence-electron chi connectivity index (χ4n) is 5.02. The molecule has 0 amide bonds. The largest absolute Gasteiger partial charge is 0.326 e. The van der Waals surface area contributed by atoms with E-state index in [9.17, 15) is 0 Å². The number of unbranched alkanes of at least 4 members (excludes halogenated alkanes) is 24. The molecular weight excluding hydrogens is 527 g/mol. The monoisotopic (exact) mass is 598 g/mol. The van der Waals surface area contributed by atoms with Crippen molar-refractivity contribution in [2.45, 2.75) is 194 Å². The van der Waals surface area contributed by atoms with Gasteiger partial charge >= 0.3 is 0 Å². The van der Waals surface area contributed by atoms with Crippen molar-refractivity contribution in [3.8, 4) is 0 Å². The molecule has 0 unspecified atom stereocenters. The van der Waals surface area contributed by atoms with Gasteiger partial charge in [-0.05, 0) is 64.2 Å². The topological polar surface area (TPSA) is 18.5 Å². The molecule has 0 rings (SSSR count). The first-order valence-electron chi connectivity index (χ1n) is 17.9. The van der Waals surface area contributed by atoms with Crippen LogP contribution >= 0.6 is 19.8 Å². The van der Waals surface area contributed by atoms with Gasteiger partial charge in [0, 0.05) is 0 Å². The van der Waals surface area contributed by atoms with E-state index in [1.165, 1.54) is 167 Å². The van der Waals surface area contributed by atoms with E-state index in [0.29, 0.717) is 0 Å². The number of thiol groups is 1. The summed E-state index contributed by atoms with van der Waals surface area (Å²) in [6.07, 6.45) is 47.1. The summed E-state index contributed by atoms with van der Waals surface area (Å²) in [5.74, 6) is 0. The molecule has 0 spiro atoms. The van der Waals surface area contributed by atoms with Crippen LogP contribution in [-0.2, 0) is 9.05 Å². The van der Waals surface area contributed by atoms with E-state index in [1.54, 1.807) is 0 Å². The molecule has 2 nitrogen and oxygen atoms in total. The summed E-state index contributed by atoms with van der Waals surface area (Å²) in [7, 11) is -0.989. The van der Waals surface area contributed by atoms with Gasteiger partial charge in [-0.2, -0.15) is 0 Å². The lowest BCUT2D eigenvalue weighted by atomic mass is 10.1. The second-order valence-corrected chi connectivity index (χ2v) is 13.8. The first-order chi connectivity index (χ1) is 19.8. The predicted molar refractivity (Wildman–Crippen MR) is 187 cm³/mol. The lowest BCUT2D eigenvalue weighted by Crippen LogP contribution is -1.93. The number of rotatable bonds is 34. The van der Waals surface area contributed by atoms with Crippen LogP contribution in [-0.4, -0.2) is 13.2 Å². The van der Waals surface area contributed by atoms with Crippen LogP contribution in [0, 0.1) is 0 Å². The second-order valence-electron chi connectivity index (χ2n) is 11.8. The van der Waals surface area contributed by atoms with Gasteiger partial charge in [-0.15, -0.1) is 0 Å². The van der Waals surface area contributed by atoms with E-state index in [-0.39, 0.29) is 0 Å². The molecular formula is C36H71O2PS. The Morgan fingerprint density at radius 1 is 0.375 bits per heavy atom. The summed E-state index contributed by atoms with van der Waals surface area (Å²) in [4.78, 5) is 0. The van der Waals surface area contributed by atoms with Gasteiger partial charge < -0.3 is 9.05 Å². The van der Waals surface area contributed by atoms with Crippen LogP contribution in [0.4, 0.5) is 0 Å². The summed E-state index contributed by atoms with van der Waals surface area (Å²) in [6, 6.07) is 0. The van der Waals surface area contributed by atoms with Gasteiger partial charge in [0.2, 0.25) is 7.58 Å². The van der Waals surface area contributed by atoms with Crippen LogP contribution < -0.4 is 0 Å². The molecule has 0 aromatic heterocycles. The maximum atomic E-state index is 5.78. The number of allylic oxidation sites excluding steroid dienone is 4. The zero-order valence-corrected chi connectivity index (χ0v) is 29.0. The Balaban J connectivity index is 3.22. The first kappa shape index (κ1) is 40.2. The Bertz CT molecular complexity index is 467. The van der Waals surface area contributed by atoms with Crippen molar-refractivity contribution in [2.75, 3.05) is 13.2 Å². The quantitative estimate of drug-likeness (QED) is 0.0344. The third-order valence-electron chi connectivity index (χ3n) is 7.72. The molecule has 0 heterocycles. The molecule has 0 saturated carbocycles. The van der Waals surface area contributed by atoms with Crippen LogP contribution in [0.25, 0.3) is 0 Å². The van der Waals surface area contributed by atoms with Crippen LogP contribution in [0.3, 0.4) is 0 Å². The van der Waals surface area contributed by atoms with Crippen LogP contribution in [0.5, 0.6) is 0 Å². The molecule has 238 valence electrons. The average molecular weight is 599 g/mol. The smallest absolute Gasteiger partial charge is 0.234 e. The Hall–Kier alpha value is 0.180. The van der Waals surface area contributed by atoms with Crippen molar-refractivity contribution >= 4 is 19.8 Å². The molecule has 0 aromatic carbocycles. The average Bonchev–Trinajstić information content (AvgIpc) is 2.96. The number of hydrogen-bond donors (Lipinski definition) is 1. The van der Waals surface area contributed by atoms with Crippen molar-refractivity contribution in [1.82, 2.24) is 0 Å². The third-order valence-corrected chi connectivity index (χ3v) is 9.22. The van der Waals surface area contributed by atoms with E-state index in [4.69, 9.17) is 9.05 Å². The Morgan fingerprint density at radius 3 is 0.925 bits per heavy atom. The van der Waals surface area contributed by atoms with Gasteiger partial charge in [0.25, 0.3) is 0 Å². The van der Waals surface area contributed by atoms with E-state index < -0.39 is 7.58 Å². The second kappa shape index (κ2) is 37.2.